The van der Waals surface area contributed by atoms with Crippen LogP contribution in [-0.2, 0) is 6.42 Å². The fourth-order valence-electron chi connectivity index (χ4n) is 2.52. The normalized spacial score (nSPS) is 11.3. The molecule has 0 fully saturated rings. The quantitative estimate of drug-likeness (QED) is 0.565. The summed E-state index contributed by atoms with van der Waals surface area (Å²) < 4.78 is 2.04. The summed E-state index contributed by atoms with van der Waals surface area (Å²) in [5, 5.41) is 7.05. The minimum Gasteiger partial charge on any atom is -0.261 e. The van der Waals surface area contributed by atoms with Crippen LogP contribution in [0, 0.1) is 6.92 Å². The monoisotopic (exact) mass is 392 g/mol. The second-order valence-corrected chi connectivity index (χ2v) is 7.92. The SMILES string of the molecule is Cc1nn(C(C)C)c(Sc2cc(Cl)cc(Cl)c2)c1Cc1cnccn1. The average Bonchev–Trinajstić information content (AvgIpc) is 2.84. The van der Waals surface area contributed by atoms with Crippen LogP contribution in [0.1, 0.15) is 36.8 Å². The van der Waals surface area contributed by atoms with E-state index in [0.717, 1.165) is 26.9 Å². The van der Waals surface area contributed by atoms with E-state index in [1.807, 2.05) is 23.7 Å². The topological polar surface area (TPSA) is 43.6 Å². The van der Waals surface area contributed by atoms with E-state index in [2.05, 4.69) is 23.8 Å². The number of aryl methyl sites for hydroxylation is 1. The summed E-state index contributed by atoms with van der Waals surface area (Å²) >= 11 is 13.9. The predicted molar refractivity (Wildman–Crippen MR) is 103 cm³/mol. The van der Waals surface area contributed by atoms with Crippen LogP contribution in [0.4, 0.5) is 0 Å². The number of aromatic nitrogens is 4. The van der Waals surface area contributed by atoms with Gasteiger partial charge in [0, 0.05) is 51.6 Å². The van der Waals surface area contributed by atoms with Gasteiger partial charge in [0.1, 0.15) is 5.03 Å². The van der Waals surface area contributed by atoms with Crippen molar-refractivity contribution in [3.63, 3.8) is 0 Å². The lowest BCUT2D eigenvalue weighted by Gasteiger charge is -2.12. The molecule has 3 rings (SSSR count). The van der Waals surface area contributed by atoms with E-state index in [4.69, 9.17) is 28.3 Å². The average molecular weight is 393 g/mol. The van der Waals surface area contributed by atoms with Gasteiger partial charge in [-0.1, -0.05) is 35.0 Å². The molecule has 7 heteroatoms. The molecule has 0 saturated carbocycles. The fourth-order valence-corrected chi connectivity index (χ4v) is 4.46. The molecule has 2 aromatic heterocycles. The molecule has 0 spiro atoms. The molecule has 0 bridgehead atoms. The molecule has 0 aliphatic rings. The van der Waals surface area contributed by atoms with E-state index in [9.17, 15) is 0 Å². The zero-order valence-corrected chi connectivity index (χ0v) is 16.5. The molecule has 0 amide bonds. The Labute approximate surface area is 161 Å². The van der Waals surface area contributed by atoms with Gasteiger partial charge in [-0.2, -0.15) is 5.10 Å². The van der Waals surface area contributed by atoms with Crippen LogP contribution in [0.15, 0.2) is 46.7 Å². The zero-order chi connectivity index (χ0) is 18.0. The molecule has 0 aliphatic heterocycles. The summed E-state index contributed by atoms with van der Waals surface area (Å²) in [6.07, 6.45) is 5.86. The molecule has 130 valence electrons. The molecular weight excluding hydrogens is 375 g/mol. The minimum atomic E-state index is 0.242. The number of benzene rings is 1. The summed E-state index contributed by atoms with van der Waals surface area (Å²) in [4.78, 5) is 9.54. The van der Waals surface area contributed by atoms with Crippen molar-refractivity contribution in [2.24, 2.45) is 0 Å². The third-order valence-electron chi connectivity index (χ3n) is 3.67. The molecule has 0 saturated heterocycles. The third kappa shape index (κ3) is 4.35. The van der Waals surface area contributed by atoms with E-state index in [1.165, 1.54) is 0 Å². The van der Waals surface area contributed by atoms with Crippen LogP contribution in [-0.4, -0.2) is 19.7 Å². The summed E-state index contributed by atoms with van der Waals surface area (Å²) in [6, 6.07) is 5.80. The summed E-state index contributed by atoms with van der Waals surface area (Å²) in [5.41, 5.74) is 3.06. The first kappa shape index (κ1) is 18.2. The first-order valence-corrected chi connectivity index (χ1v) is 9.48. The molecule has 0 radical (unpaired) electrons. The molecular formula is C18H18Cl2N4S. The maximum atomic E-state index is 6.15. The fraction of sp³-hybridized carbons (Fsp3) is 0.278. The van der Waals surface area contributed by atoms with Gasteiger partial charge in [0.05, 0.1) is 11.4 Å². The van der Waals surface area contributed by atoms with Crippen LogP contribution in [0.5, 0.6) is 0 Å². The van der Waals surface area contributed by atoms with Crippen molar-refractivity contribution in [1.29, 1.82) is 0 Å². The van der Waals surface area contributed by atoms with Crippen molar-refractivity contribution >= 4 is 35.0 Å². The zero-order valence-electron chi connectivity index (χ0n) is 14.2. The Hall–Kier alpha value is -1.56. The van der Waals surface area contributed by atoms with Crippen molar-refractivity contribution in [1.82, 2.24) is 19.7 Å². The van der Waals surface area contributed by atoms with Gasteiger partial charge >= 0.3 is 0 Å². The van der Waals surface area contributed by atoms with Crippen molar-refractivity contribution in [2.45, 2.75) is 43.2 Å². The highest BCUT2D eigenvalue weighted by Gasteiger charge is 2.19. The smallest absolute Gasteiger partial charge is 0.103 e. The largest absolute Gasteiger partial charge is 0.261 e. The van der Waals surface area contributed by atoms with Crippen molar-refractivity contribution in [3.8, 4) is 0 Å². The number of rotatable bonds is 5. The molecule has 25 heavy (non-hydrogen) atoms. The van der Waals surface area contributed by atoms with Gasteiger partial charge in [0.25, 0.3) is 0 Å². The maximum Gasteiger partial charge on any atom is 0.103 e. The van der Waals surface area contributed by atoms with Crippen LogP contribution in [0.25, 0.3) is 0 Å². The number of halogens is 2. The predicted octanol–water partition coefficient (Wildman–Crippen LogP) is 5.61. The molecule has 0 atom stereocenters. The molecule has 0 unspecified atom stereocenters. The summed E-state index contributed by atoms with van der Waals surface area (Å²) in [6.45, 7) is 6.26. The van der Waals surface area contributed by atoms with E-state index in [1.54, 1.807) is 36.4 Å². The van der Waals surface area contributed by atoms with E-state index >= 15 is 0 Å². The molecule has 3 aromatic rings. The van der Waals surface area contributed by atoms with Gasteiger partial charge in [-0.3, -0.25) is 14.6 Å². The van der Waals surface area contributed by atoms with E-state index in [0.29, 0.717) is 16.5 Å². The van der Waals surface area contributed by atoms with Gasteiger partial charge in [-0.15, -0.1) is 0 Å². The van der Waals surface area contributed by atoms with Gasteiger partial charge in [0.15, 0.2) is 0 Å². The highest BCUT2D eigenvalue weighted by molar-refractivity contribution is 7.99. The second kappa shape index (κ2) is 7.77. The molecule has 0 aliphatic carbocycles. The van der Waals surface area contributed by atoms with Crippen molar-refractivity contribution < 1.29 is 0 Å². The van der Waals surface area contributed by atoms with Gasteiger partial charge in [-0.25, -0.2) is 0 Å². The highest BCUT2D eigenvalue weighted by Crippen LogP contribution is 2.37. The molecule has 1 aromatic carbocycles. The molecule has 4 nitrogen and oxygen atoms in total. The Morgan fingerprint density at radius 1 is 1.12 bits per heavy atom. The lowest BCUT2D eigenvalue weighted by atomic mass is 10.1. The van der Waals surface area contributed by atoms with Crippen LogP contribution < -0.4 is 0 Å². The van der Waals surface area contributed by atoms with E-state index < -0.39 is 0 Å². The lowest BCUT2D eigenvalue weighted by Crippen LogP contribution is -2.05. The Morgan fingerprint density at radius 3 is 2.44 bits per heavy atom. The summed E-state index contributed by atoms with van der Waals surface area (Å²) in [5.74, 6) is 0. The van der Waals surface area contributed by atoms with Crippen molar-refractivity contribution in [3.05, 3.63) is 63.8 Å². The van der Waals surface area contributed by atoms with Gasteiger partial charge < -0.3 is 0 Å². The van der Waals surface area contributed by atoms with Gasteiger partial charge in [-0.05, 0) is 39.0 Å². The Morgan fingerprint density at radius 2 is 1.84 bits per heavy atom. The lowest BCUT2D eigenvalue weighted by molar-refractivity contribution is 0.489. The van der Waals surface area contributed by atoms with Crippen LogP contribution >= 0.6 is 35.0 Å². The first-order valence-electron chi connectivity index (χ1n) is 7.91. The Bertz CT molecular complexity index is 858. The Kier molecular flexibility index (Phi) is 5.67. The Balaban J connectivity index is 2.03. The van der Waals surface area contributed by atoms with E-state index in [-0.39, 0.29) is 6.04 Å². The van der Waals surface area contributed by atoms with Crippen LogP contribution in [0.3, 0.4) is 0 Å². The maximum absolute atomic E-state index is 6.15. The highest BCUT2D eigenvalue weighted by atomic mass is 35.5. The number of hydrogen-bond donors (Lipinski definition) is 0. The first-order chi connectivity index (χ1) is 11.9. The third-order valence-corrected chi connectivity index (χ3v) is 5.21. The number of hydrogen-bond acceptors (Lipinski definition) is 4. The summed E-state index contributed by atoms with van der Waals surface area (Å²) in [7, 11) is 0. The minimum absolute atomic E-state index is 0.242. The number of nitrogens with zero attached hydrogens (tertiary/aromatic N) is 4. The molecule has 0 N–H and O–H groups in total. The van der Waals surface area contributed by atoms with Crippen LogP contribution in [0.2, 0.25) is 10.0 Å². The second-order valence-electron chi connectivity index (χ2n) is 5.99. The van der Waals surface area contributed by atoms with Gasteiger partial charge in [0.2, 0.25) is 0 Å². The molecule has 2 heterocycles. The standard InChI is InChI=1S/C18H18Cl2N4S/c1-11(2)24-18(25-16-7-13(19)6-14(20)8-16)17(12(3)23-24)9-15-10-21-4-5-22-15/h4-8,10-11H,9H2,1-3H3. The van der Waals surface area contributed by atoms with Crippen molar-refractivity contribution in [2.75, 3.05) is 0 Å².